The van der Waals surface area contributed by atoms with Gasteiger partial charge >= 0.3 is 0 Å². The van der Waals surface area contributed by atoms with E-state index in [0.29, 0.717) is 13.2 Å². The SMILES string of the molecule is COCCNC(=O)C(C)NC(=O)c1cc(N)c(Cl)c(Cl)c1. The number of nitrogens with two attached hydrogens (primary N) is 1. The average molecular weight is 334 g/mol. The molecule has 21 heavy (non-hydrogen) atoms. The Bertz CT molecular complexity index is 514. The minimum atomic E-state index is -0.704. The van der Waals surface area contributed by atoms with Crippen LogP contribution in [0.4, 0.5) is 5.69 Å². The molecule has 0 aliphatic heterocycles. The lowest BCUT2D eigenvalue weighted by Crippen LogP contribution is -2.45. The Kier molecular flexibility index (Phi) is 6.74. The first-order valence-corrected chi connectivity index (χ1v) is 6.94. The van der Waals surface area contributed by atoms with Gasteiger partial charge < -0.3 is 21.1 Å². The van der Waals surface area contributed by atoms with Gasteiger partial charge in [0.05, 0.1) is 22.3 Å². The lowest BCUT2D eigenvalue weighted by molar-refractivity contribution is -0.122. The molecule has 0 bridgehead atoms. The van der Waals surface area contributed by atoms with Gasteiger partial charge in [0, 0.05) is 19.2 Å². The molecule has 0 saturated carbocycles. The van der Waals surface area contributed by atoms with Crippen molar-refractivity contribution in [2.75, 3.05) is 26.0 Å². The number of carbonyl (C=O) groups is 2. The third-order valence-corrected chi connectivity index (χ3v) is 3.48. The molecule has 8 heteroatoms. The van der Waals surface area contributed by atoms with Crippen molar-refractivity contribution in [2.24, 2.45) is 0 Å². The van der Waals surface area contributed by atoms with Crippen LogP contribution in [0.2, 0.25) is 10.0 Å². The molecule has 1 aromatic carbocycles. The highest BCUT2D eigenvalue weighted by atomic mass is 35.5. The first-order chi connectivity index (χ1) is 9.86. The summed E-state index contributed by atoms with van der Waals surface area (Å²) in [5.74, 6) is -0.775. The van der Waals surface area contributed by atoms with Crippen LogP contribution in [-0.4, -0.2) is 38.1 Å². The van der Waals surface area contributed by atoms with Crippen molar-refractivity contribution in [3.63, 3.8) is 0 Å². The van der Waals surface area contributed by atoms with Gasteiger partial charge in [-0.25, -0.2) is 0 Å². The molecule has 1 atom stereocenters. The molecule has 116 valence electrons. The Hall–Kier alpha value is -1.50. The van der Waals surface area contributed by atoms with Crippen LogP contribution in [-0.2, 0) is 9.53 Å². The molecule has 0 fully saturated rings. The van der Waals surface area contributed by atoms with E-state index >= 15 is 0 Å². The van der Waals surface area contributed by atoms with Gasteiger partial charge in [0.15, 0.2) is 0 Å². The van der Waals surface area contributed by atoms with E-state index in [1.807, 2.05) is 0 Å². The molecular weight excluding hydrogens is 317 g/mol. The van der Waals surface area contributed by atoms with E-state index in [2.05, 4.69) is 10.6 Å². The van der Waals surface area contributed by atoms with E-state index in [4.69, 9.17) is 33.7 Å². The summed E-state index contributed by atoms with van der Waals surface area (Å²) in [4.78, 5) is 23.8. The van der Waals surface area contributed by atoms with Crippen molar-refractivity contribution >= 4 is 40.7 Å². The molecule has 0 aromatic heterocycles. The predicted octanol–water partition coefficient (Wildman–Crippen LogP) is 1.46. The second kappa shape index (κ2) is 8.07. The maximum Gasteiger partial charge on any atom is 0.252 e. The van der Waals surface area contributed by atoms with Crippen molar-refractivity contribution in [2.45, 2.75) is 13.0 Å². The molecule has 0 heterocycles. The number of methoxy groups -OCH3 is 1. The van der Waals surface area contributed by atoms with Gasteiger partial charge in [-0.05, 0) is 19.1 Å². The van der Waals surface area contributed by atoms with E-state index in [1.54, 1.807) is 6.92 Å². The van der Waals surface area contributed by atoms with Crippen LogP contribution in [0.5, 0.6) is 0 Å². The number of ether oxygens (including phenoxy) is 1. The summed E-state index contributed by atoms with van der Waals surface area (Å²) in [7, 11) is 1.53. The minimum absolute atomic E-state index is 0.180. The van der Waals surface area contributed by atoms with Crippen molar-refractivity contribution < 1.29 is 14.3 Å². The Morgan fingerprint density at radius 2 is 2.05 bits per heavy atom. The summed E-state index contributed by atoms with van der Waals surface area (Å²) in [6, 6.07) is 2.09. The van der Waals surface area contributed by atoms with Crippen molar-refractivity contribution in [3.05, 3.63) is 27.7 Å². The van der Waals surface area contributed by atoms with Gasteiger partial charge in [0.1, 0.15) is 6.04 Å². The van der Waals surface area contributed by atoms with E-state index < -0.39 is 11.9 Å². The first kappa shape index (κ1) is 17.6. The fourth-order valence-corrected chi connectivity index (χ4v) is 1.85. The standard InChI is InChI=1S/C13H17Cl2N3O3/c1-7(12(19)17-3-4-21-2)18-13(20)8-5-9(14)11(15)10(16)6-8/h5-7H,3-4,16H2,1-2H3,(H,17,19)(H,18,20). The van der Waals surface area contributed by atoms with Crippen LogP contribution in [0.1, 0.15) is 17.3 Å². The van der Waals surface area contributed by atoms with Crippen LogP contribution in [0, 0.1) is 0 Å². The first-order valence-electron chi connectivity index (χ1n) is 6.18. The molecule has 0 saturated heterocycles. The van der Waals surface area contributed by atoms with Crippen LogP contribution in [0.15, 0.2) is 12.1 Å². The number of benzene rings is 1. The fourth-order valence-electron chi connectivity index (χ4n) is 1.52. The van der Waals surface area contributed by atoms with Crippen LogP contribution in [0.25, 0.3) is 0 Å². The number of nitrogens with one attached hydrogen (secondary N) is 2. The second-order valence-electron chi connectivity index (χ2n) is 4.34. The van der Waals surface area contributed by atoms with Gasteiger partial charge in [-0.3, -0.25) is 9.59 Å². The highest BCUT2D eigenvalue weighted by molar-refractivity contribution is 6.43. The van der Waals surface area contributed by atoms with Gasteiger partial charge in [0.25, 0.3) is 5.91 Å². The molecule has 1 rings (SSSR count). The summed E-state index contributed by atoms with van der Waals surface area (Å²) >= 11 is 11.7. The summed E-state index contributed by atoms with van der Waals surface area (Å²) in [6.07, 6.45) is 0. The molecule has 0 radical (unpaired) electrons. The smallest absolute Gasteiger partial charge is 0.252 e. The number of amides is 2. The Labute approximate surface area is 132 Å². The van der Waals surface area contributed by atoms with E-state index in [1.165, 1.54) is 19.2 Å². The van der Waals surface area contributed by atoms with E-state index in [9.17, 15) is 9.59 Å². The molecule has 1 unspecified atom stereocenters. The number of nitrogen functional groups attached to an aromatic ring is 1. The number of carbonyl (C=O) groups excluding carboxylic acids is 2. The van der Waals surface area contributed by atoms with Crippen LogP contribution < -0.4 is 16.4 Å². The van der Waals surface area contributed by atoms with Crippen LogP contribution >= 0.6 is 23.2 Å². The average Bonchev–Trinajstić information content (AvgIpc) is 2.44. The van der Waals surface area contributed by atoms with E-state index in [-0.39, 0.29) is 27.2 Å². The molecule has 1 aromatic rings. The van der Waals surface area contributed by atoms with Crippen molar-refractivity contribution in [3.8, 4) is 0 Å². The quantitative estimate of drug-likeness (QED) is 0.542. The number of hydrogen-bond donors (Lipinski definition) is 3. The number of anilines is 1. The maximum absolute atomic E-state index is 12.0. The number of hydrogen-bond acceptors (Lipinski definition) is 4. The largest absolute Gasteiger partial charge is 0.397 e. The zero-order valence-corrected chi connectivity index (χ0v) is 13.2. The van der Waals surface area contributed by atoms with Crippen molar-refractivity contribution in [1.29, 1.82) is 0 Å². The summed E-state index contributed by atoms with van der Waals surface area (Å²) in [5.41, 5.74) is 6.08. The molecule has 0 aliphatic rings. The van der Waals surface area contributed by atoms with Gasteiger partial charge in [-0.15, -0.1) is 0 Å². The number of halogens is 2. The molecule has 6 nitrogen and oxygen atoms in total. The maximum atomic E-state index is 12.0. The summed E-state index contributed by atoms with van der Waals surface area (Å²) in [5, 5.41) is 5.54. The lowest BCUT2D eigenvalue weighted by atomic mass is 10.1. The Morgan fingerprint density at radius 3 is 2.62 bits per heavy atom. The fraction of sp³-hybridized carbons (Fsp3) is 0.385. The van der Waals surface area contributed by atoms with Gasteiger partial charge in [-0.1, -0.05) is 23.2 Å². The lowest BCUT2D eigenvalue weighted by Gasteiger charge is -2.14. The molecule has 2 amide bonds. The number of rotatable bonds is 6. The van der Waals surface area contributed by atoms with Crippen LogP contribution in [0.3, 0.4) is 0 Å². The second-order valence-corrected chi connectivity index (χ2v) is 5.13. The predicted molar refractivity (Wildman–Crippen MR) is 82.7 cm³/mol. The summed E-state index contributed by atoms with van der Waals surface area (Å²) < 4.78 is 4.82. The minimum Gasteiger partial charge on any atom is -0.397 e. The van der Waals surface area contributed by atoms with Gasteiger partial charge in [-0.2, -0.15) is 0 Å². The molecular formula is C13H17Cl2N3O3. The highest BCUT2D eigenvalue weighted by Gasteiger charge is 2.17. The monoisotopic (exact) mass is 333 g/mol. The Morgan fingerprint density at radius 1 is 1.38 bits per heavy atom. The zero-order chi connectivity index (χ0) is 16.0. The third kappa shape index (κ3) is 5.08. The third-order valence-electron chi connectivity index (χ3n) is 2.66. The Balaban J connectivity index is 2.66. The van der Waals surface area contributed by atoms with E-state index in [0.717, 1.165) is 0 Å². The molecule has 0 spiro atoms. The molecule has 4 N–H and O–H groups in total. The molecule has 0 aliphatic carbocycles. The summed E-state index contributed by atoms with van der Waals surface area (Å²) in [6.45, 7) is 2.34. The zero-order valence-electron chi connectivity index (χ0n) is 11.7. The topological polar surface area (TPSA) is 93.5 Å². The van der Waals surface area contributed by atoms with Crippen molar-refractivity contribution in [1.82, 2.24) is 10.6 Å². The van der Waals surface area contributed by atoms with Gasteiger partial charge in [0.2, 0.25) is 5.91 Å². The highest BCUT2D eigenvalue weighted by Crippen LogP contribution is 2.29. The normalized spacial score (nSPS) is 11.8.